The maximum absolute atomic E-state index is 13.1. The van der Waals surface area contributed by atoms with Gasteiger partial charge >= 0.3 is 6.18 Å². The van der Waals surface area contributed by atoms with Crippen molar-refractivity contribution in [2.45, 2.75) is 12.2 Å². The molecule has 1 aliphatic rings. The molecule has 7 heteroatoms. The highest BCUT2D eigenvalue weighted by molar-refractivity contribution is 5.85. The summed E-state index contributed by atoms with van der Waals surface area (Å²) in [5.41, 5.74) is -0.0376. The normalized spacial score (nSPS) is 18.7. The van der Waals surface area contributed by atoms with E-state index in [0.29, 0.717) is 26.2 Å². The second-order valence-corrected chi connectivity index (χ2v) is 4.29. The van der Waals surface area contributed by atoms with Crippen molar-refractivity contribution in [2.24, 2.45) is 0 Å². The van der Waals surface area contributed by atoms with E-state index in [1.165, 1.54) is 17.0 Å². The Morgan fingerprint density at radius 2 is 1.79 bits per heavy atom. The van der Waals surface area contributed by atoms with E-state index >= 15 is 0 Å². The number of alkyl halides is 3. The van der Waals surface area contributed by atoms with Crippen LogP contribution in [0.5, 0.6) is 0 Å². The Balaban J connectivity index is 0.00000180. The maximum Gasteiger partial charge on any atom is 0.408 e. The van der Waals surface area contributed by atoms with Crippen LogP contribution in [0.15, 0.2) is 24.3 Å². The van der Waals surface area contributed by atoms with Crippen LogP contribution in [0.4, 0.5) is 17.6 Å². The lowest BCUT2D eigenvalue weighted by Crippen LogP contribution is -2.49. The molecule has 0 amide bonds. The van der Waals surface area contributed by atoms with Gasteiger partial charge in [-0.3, -0.25) is 4.90 Å². The molecule has 1 fully saturated rings. The van der Waals surface area contributed by atoms with Crippen LogP contribution in [0.25, 0.3) is 0 Å². The predicted molar refractivity (Wildman–Crippen MR) is 66.9 cm³/mol. The third kappa shape index (κ3) is 4.06. The molecule has 19 heavy (non-hydrogen) atoms. The second-order valence-electron chi connectivity index (χ2n) is 4.29. The zero-order valence-corrected chi connectivity index (χ0v) is 10.9. The molecule has 0 unspecified atom stereocenters. The molecule has 1 aliphatic heterocycles. The lowest BCUT2D eigenvalue weighted by atomic mass is 10.0. The standard InChI is InChI=1S/C12H14F4N2.ClH/c13-10-3-1-2-9(8-10)11(12(14,15)16)18-6-4-17-5-7-18;/h1-3,8,11,17H,4-7H2;1H/t11-;/m0./s1. The monoisotopic (exact) mass is 298 g/mol. The molecule has 1 aromatic rings. The van der Waals surface area contributed by atoms with E-state index in [0.717, 1.165) is 12.1 Å². The summed E-state index contributed by atoms with van der Waals surface area (Å²) in [4.78, 5) is 1.34. The summed E-state index contributed by atoms with van der Waals surface area (Å²) in [5, 5.41) is 3.00. The van der Waals surface area contributed by atoms with Gasteiger partial charge in [0.2, 0.25) is 0 Å². The third-order valence-corrected chi connectivity index (χ3v) is 2.99. The first-order valence-electron chi connectivity index (χ1n) is 5.75. The molecular weight excluding hydrogens is 284 g/mol. The Labute approximate surface area is 115 Å². The summed E-state index contributed by atoms with van der Waals surface area (Å²) in [6.45, 7) is 1.64. The minimum atomic E-state index is -4.40. The van der Waals surface area contributed by atoms with Gasteiger partial charge in [-0.25, -0.2) is 4.39 Å². The SMILES string of the molecule is Cl.Fc1cccc([C@H](N2CCNCC2)C(F)(F)F)c1. The van der Waals surface area contributed by atoms with Crippen LogP contribution in [0.3, 0.4) is 0 Å². The molecule has 1 aromatic carbocycles. The van der Waals surface area contributed by atoms with Crippen LogP contribution >= 0.6 is 12.4 Å². The second kappa shape index (κ2) is 6.54. The average molecular weight is 299 g/mol. The first kappa shape index (κ1) is 16.2. The first-order chi connectivity index (χ1) is 8.48. The Kier molecular flexibility index (Phi) is 5.58. The molecule has 0 aromatic heterocycles. The lowest BCUT2D eigenvalue weighted by Gasteiger charge is -2.36. The number of nitrogens with one attached hydrogen (secondary N) is 1. The number of halogens is 5. The van der Waals surface area contributed by atoms with E-state index in [2.05, 4.69) is 5.32 Å². The molecular formula is C12H15ClF4N2. The number of piperazine rings is 1. The van der Waals surface area contributed by atoms with Crippen LogP contribution in [-0.2, 0) is 0 Å². The number of rotatable bonds is 2. The van der Waals surface area contributed by atoms with Crippen molar-refractivity contribution in [1.82, 2.24) is 10.2 Å². The van der Waals surface area contributed by atoms with E-state index in [-0.39, 0.29) is 18.0 Å². The first-order valence-corrected chi connectivity index (χ1v) is 5.75. The van der Waals surface area contributed by atoms with Gasteiger partial charge in [-0.2, -0.15) is 13.2 Å². The van der Waals surface area contributed by atoms with Gasteiger partial charge in [0.1, 0.15) is 11.9 Å². The molecule has 0 aliphatic carbocycles. The number of benzene rings is 1. The highest BCUT2D eigenvalue weighted by Crippen LogP contribution is 2.37. The fourth-order valence-electron chi connectivity index (χ4n) is 2.22. The zero-order valence-electron chi connectivity index (χ0n) is 10.1. The molecule has 1 heterocycles. The topological polar surface area (TPSA) is 15.3 Å². The molecule has 0 spiro atoms. The zero-order chi connectivity index (χ0) is 13.2. The molecule has 0 bridgehead atoms. The summed E-state index contributed by atoms with van der Waals surface area (Å²) >= 11 is 0. The van der Waals surface area contributed by atoms with Gasteiger partial charge in [-0.05, 0) is 17.7 Å². The smallest absolute Gasteiger partial charge is 0.314 e. The Morgan fingerprint density at radius 1 is 1.16 bits per heavy atom. The molecule has 2 nitrogen and oxygen atoms in total. The van der Waals surface area contributed by atoms with Gasteiger partial charge in [0, 0.05) is 26.2 Å². The average Bonchev–Trinajstić information content (AvgIpc) is 2.28. The van der Waals surface area contributed by atoms with E-state index in [9.17, 15) is 17.6 Å². The van der Waals surface area contributed by atoms with Gasteiger partial charge in [0.25, 0.3) is 0 Å². The summed E-state index contributed by atoms with van der Waals surface area (Å²) < 4.78 is 52.5. The summed E-state index contributed by atoms with van der Waals surface area (Å²) in [7, 11) is 0. The van der Waals surface area contributed by atoms with Gasteiger partial charge in [0.05, 0.1) is 0 Å². The Hall–Kier alpha value is -0.850. The number of hydrogen-bond acceptors (Lipinski definition) is 2. The van der Waals surface area contributed by atoms with Crippen molar-refractivity contribution in [3.63, 3.8) is 0 Å². The van der Waals surface area contributed by atoms with Crippen molar-refractivity contribution in [1.29, 1.82) is 0 Å². The fraction of sp³-hybridized carbons (Fsp3) is 0.500. The summed E-state index contributed by atoms with van der Waals surface area (Å²) in [5.74, 6) is -0.642. The van der Waals surface area contributed by atoms with E-state index < -0.39 is 18.0 Å². The van der Waals surface area contributed by atoms with Crippen molar-refractivity contribution >= 4 is 12.4 Å². The molecule has 1 saturated heterocycles. The van der Waals surface area contributed by atoms with E-state index in [4.69, 9.17) is 0 Å². The van der Waals surface area contributed by atoms with Crippen LogP contribution in [-0.4, -0.2) is 37.3 Å². The van der Waals surface area contributed by atoms with Gasteiger partial charge < -0.3 is 5.32 Å². The quantitative estimate of drug-likeness (QED) is 0.845. The van der Waals surface area contributed by atoms with Gasteiger partial charge in [-0.1, -0.05) is 12.1 Å². The maximum atomic E-state index is 13.1. The molecule has 2 rings (SSSR count). The summed E-state index contributed by atoms with van der Waals surface area (Å²) in [6, 6.07) is 3.01. The van der Waals surface area contributed by atoms with Crippen LogP contribution < -0.4 is 5.32 Å². The van der Waals surface area contributed by atoms with Gasteiger partial charge in [-0.15, -0.1) is 12.4 Å². The van der Waals surface area contributed by atoms with Crippen molar-refractivity contribution in [3.8, 4) is 0 Å². The van der Waals surface area contributed by atoms with Crippen molar-refractivity contribution in [2.75, 3.05) is 26.2 Å². The highest BCUT2D eigenvalue weighted by Gasteiger charge is 2.44. The third-order valence-electron chi connectivity index (χ3n) is 2.99. The van der Waals surface area contributed by atoms with Crippen LogP contribution in [0.2, 0.25) is 0 Å². The number of hydrogen-bond donors (Lipinski definition) is 1. The molecule has 1 N–H and O–H groups in total. The molecule has 1 atom stereocenters. The number of nitrogens with zero attached hydrogens (tertiary/aromatic N) is 1. The Morgan fingerprint density at radius 3 is 2.32 bits per heavy atom. The molecule has 108 valence electrons. The lowest BCUT2D eigenvalue weighted by molar-refractivity contribution is -0.187. The minimum absolute atomic E-state index is 0. The summed E-state index contributed by atoms with van der Waals surface area (Å²) in [6.07, 6.45) is -4.40. The van der Waals surface area contributed by atoms with E-state index in [1.54, 1.807) is 0 Å². The minimum Gasteiger partial charge on any atom is -0.314 e. The van der Waals surface area contributed by atoms with Crippen molar-refractivity contribution in [3.05, 3.63) is 35.6 Å². The van der Waals surface area contributed by atoms with E-state index in [1.807, 2.05) is 0 Å². The predicted octanol–water partition coefficient (Wildman–Crippen LogP) is 2.76. The molecule has 0 radical (unpaired) electrons. The van der Waals surface area contributed by atoms with Crippen LogP contribution in [0, 0.1) is 5.82 Å². The Bertz CT molecular complexity index is 405. The van der Waals surface area contributed by atoms with Gasteiger partial charge in [0.15, 0.2) is 0 Å². The highest BCUT2D eigenvalue weighted by atomic mass is 35.5. The van der Waals surface area contributed by atoms with Crippen LogP contribution in [0.1, 0.15) is 11.6 Å². The fourth-order valence-corrected chi connectivity index (χ4v) is 2.22. The molecule has 0 saturated carbocycles. The largest absolute Gasteiger partial charge is 0.408 e. The van der Waals surface area contributed by atoms with Crippen molar-refractivity contribution < 1.29 is 17.6 Å².